The minimum Gasteiger partial charge on any atom is -0.340 e. The van der Waals surface area contributed by atoms with Crippen molar-refractivity contribution in [1.82, 2.24) is 20.1 Å². The van der Waals surface area contributed by atoms with Crippen LogP contribution in [0.2, 0.25) is 0 Å². The summed E-state index contributed by atoms with van der Waals surface area (Å²) in [6.07, 6.45) is 3.89. The Balaban J connectivity index is 1.70. The van der Waals surface area contributed by atoms with Crippen LogP contribution in [0.5, 0.6) is 0 Å². The number of aromatic nitrogens is 3. The average Bonchev–Trinajstić information content (AvgIpc) is 3.25. The van der Waals surface area contributed by atoms with E-state index in [9.17, 15) is 9.59 Å². The normalized spacial score (nSPS) is 12.8. The van der Waals surface area contributed by atoms with Crippen molar-refractivity contribution in [3.8, 4) is 0 Å². The van der Waals surface area contributed by atoms with Crippen LogP contribution in [0.3, 0.4) is 0 Å². The van der Waals surface area contributed by atoms with Gasteiger partial charge in [0.25, 0.3) is 5.91 Å². The van der Waals surface area contributed by atoms with E-state index >= 15 is 0 Å². The predicted molar refractivity (Wildman–Crippen MR) is 111 cm³/mol. The van der Waals surface area contributed by atoms with Crippen LogP contribution in [0.15, 0.2) is 67.3 Å². The molecule has 0 spiro atoms. The molecule has 2 atom stereocenters. The second kappa shape index (κ2) is 9.64. The first-order chi connectivity index (χ1) is 14.1. The van der Waals surface area contributed by atoms with Crippen molar-refractivity contribution in [3.63, 3.8) is 0 Å². The third kappa shape index (κ3) is 5.51. The molecule has 1 aromatic heterocycles. The van der Waals surface area contributed by atoms with Crippen molar-refractivity contribution in [2.75, 3.05) is 5.32 Å². The Hall–Kier alpha value is -3.48. The quantitative estimate of drug-likeness (QED) is 0.617. The Morgan fingerprint density at radius 3 is 2.59 bits per heavy atom. The maximum Gasteiger partial charge on any atom is 0.251 e. The van der Waals surface area contributed by atoms with E-state index in [2.05, 4.69) is 20.7 Å². The zero-order valence-electron chi connectivity index (χ0n) is 16.6. The van der Waals surface area contributed by atoms with Gasteiger partial charge in [0.1, 0.15) is 18.7 Å². The third-order valence-electron chi connectivity index (χ3n) is 4.82. The van der Waals surface area contributed by atoms with Crippen molar-refractivity contribution in [3.05, 3.63) is 78.4 Å². The zero-order chi connectivity index (χ0) is 20.6. The fraction of sp³-hybridized carbons (Fsp3) is 0.273. The molecule has 3 aromatic rings. The molecule has 0 radical (unpaired) electrons. The Morgan fingerprint density at radius 2 is 1.90 bits per heavy atom. The summed E-state index contributed by atoms with van der Waals surface area (Å²) in [5, 5.41) is 9.91. The largest absolute Gasteiger partial charge is 0.340 e. The van der Waals surface area contributed by atoms with Crippen molar-refractivity contribution >= 4 is 17.5 Å². The van der Waals surface area contributed by atoms with Crippen LogP contribution in [-0.4, -0.2) is 32.6 Å². The number of carbonyl (C=O) groups is 2. The first kappa shape index (κ1) is 20.3. The number of amides is 2. The van der Waals surface area contributed by atoms with Gasteiger partial charge in [-0.05, 0) is 35.7 Å². The molecule has 0 bridgehead atoms. The van der Waals surface area contributed by atoms with Crippen LogP contribution < -0.4 is 10.6 Å². The number of benzene rings is 2. The molecule has 0 aliphatic carbocycles. The van der Waals surface area contributed by atoms with E-state index in [-0.39, 0.29) is 17.7 Å². The van der Waals surface area contributed by atoms with Gasteiger partial charge in [0.2, 0.25) is 5.91 Å². The molecule has 0 saturated carbocycles. The maximum absolute atomic E-state index is 13.0. The minimum atomic E-state index is -0.633. The number of nitrogens with zero attached hydrogens (tertiary/aromatic N) is 3. The number of hydrogen-bond donors (Lipinski definition) is 2. The van der Waals surface area contributed by atoms with Gasteiger partial charge >= 0.3 is 0 Å². The fourth-order valence-corrected chi connectivity index (χ4v) is 2.98. The summed E-state index contributed by atoms with van der Waals surface area (Å²) in [7, 11) is 0. The van der Waals surface area contributed by atoms with E-state index in [1.165, 1.54) is 6.33 Å². The fourth-order valence-electron chi connectivity index (χ4n) is 2.98. The summed E-state index contributed by atoms with van der Waals surface area (Å²) in [5.41, 5.74) is 2.19. The van der Waals surface area contributed by atoms with Gasteiger partial charge in [-0.15, -0.1) is 0 Å². The van der Waals surface area contributed by atoms with E-state index in [1.54, 1.807) is 35.3 Å². The minimum absolute atomic E-state index is 0.0130. The highest BCUT2D eigenvalue weighted by molar-refractivity contribution is 6.01. The van der Waals surface area contributed by atoms with Crippen molar-refractivity contribution < 1.29 is 9.59 Å². The molecule has 7 heteroatoms. The highest BCUT2D eigenvalue weighted by Gasteiger charge is 2.26. The molecule has 1 heterocycles. The number of rotatable bonds is 8. The predicted octanol–water partition coefficient (Wildman–Crippen LogP) is 3.11. The molecule has 0 aliphatic heterocycles. The lowest BCUT2D eigenvalue weighted by Crippen LogP contribution is -2.47. The Labute approximate surface area is 170 Å². The van der Waals surface area contributed by atoms with E-state index < -0.39 is 6.04 Å². The van der Waals surface area contributed by atoms with Crippen molar-refractivity contribution in [2.45, 2.75) is 32.9 Å². The van der Waals surface area contributed by atoms with Gasteiger partial charge in [-0.1, -0.05) is 50.6 Å². The lowest BCUT2D eigenvalue weighted by molar-refractivity contribution is -0.119. The van der Waals surface area contributed by atoms with Crippen molar-refractivity contribution in [1.29, 1.82) is 0 Å². The molecule has 0 saturated heterocycles. The van der Waals surface area contributed by atoms with Gasteiger partial charge in [0, 0.05) is 11.3 Å². The molecule has 150 valence electrons. The summed E-state index contributed by atoms with van der Waals surface area (Å²) in [6, 6.07) is 15.8. The van der Waals surface area contributed by atoms with Gasteiger partial charge in [-0.25, -0.2) is 9.67 Å². The maximum atomic E-state index is 13.0. The number of hydrogen-bond acceptors (Lipinski definition) is 4. The smallest absolute Gasteiger partial charge is 0.251 e. The van der Waals surface area contributed by atoms with Crippen LogP contribution in [0, 0.1) is 5.92 Å². The monoisotopic (exact) mass is 391 g/mol. The molecule has 2 N–H and O–H groups in total. The highest BCUT2D eigenvalue weighted by Crippen LogP contribution is 2.15. The molecule has 0 fully saturated rings. The molecule has 7 nitrogen and oxygen atoms in total. The second-order valence-electron chi connectivity index (χ2n) is 6.99. The molecule has 29 heavy (non-hydrogen) atoms. The Bertz CT molecular complexity index is 941. The van der Waals surface area contributed by atoms with E-state index in [0.29, 0.717) is 17.8 Å². The summed E-state index contributed by atoms with van der Waals surface area (Å²) >= 11 is 0. The molecule has 0 aliphatic rings. The SMILES string of the molecule is CCC(C)C(NC(=O)c1ccccc1)C(=O)Nc1cccc(Cn2cncn2)c1. The first-order valence-electron chi connectivity index (χ1n) is 9.65. The van der Waals surface area contributed by atoms with Gasteiger partial charge in [-0.2, -0.15) is 5.10 Å². The lowest BCUT2D eigenvalue weighted by atomic mass is 9.97. The molecular weight excluding hydrogens is 366 g/mol. The highest BCUT2D eigenvalue weighted by atomic mass is 16.2. The Morgan fingerprint density at radius 1 is 1.10 bits per heavy atom. The number of anilines is 1. The molecule has 2 amide bonds. The van der Waals surface area contributed by atoms with E-state index in [4.69, 9.17) is 0 Å². The van der Waals surface area contributed by atoms with Crippen LogP contribution in [0.25, 0.3) is 0 Å². The standard InChI is InChI=1S/C22H25N5O2/c1-3-16(2)20(26-21(28)18-9-5-4-6-10-18)22(29)25-19-11-7-8-17(12-19)13-27-15-23-14-24-27/h4-12,14-16,20H,3,13H2,1-2H3,(H,25,29)(H,26,28). The van der Waals surface area contributed by atoms with Crippen LogP contribution >= 0.6 is 0 Å². The summed E-state index contributed by atoms with van der Waals surface area (Å²) < 4.78 is 1.71. The molecule has 2 unspecified atom stereocenters. The van der Waals surface area contributed by atoms with Gasteiger partial charge in [0.05, 0.1) is 6.54 Å². The molecular formula is C22H25N5O2. The van der Waals surface area contributed by atoms with Crippen LogP contribution in [0.1, 0.15) is 36.2 Å². The van der Waals surface area contributed by atoms with Gasteiger partial charge in [0.15, 0.2) is 0 Å². The zero-order valence-corrected chi connectivity index (χ0v) is 16.6. The topological polar surface area (TPSA) is 88.9 Å². The lowest BCUT2D eigenvalue weighted by Gasteiger charge is -2.23. The average molecular weight is 391 g/mol. The second-order valence-corrected chi connectivity index (χ2v) is 6.99. The first-order valence-corrected chi connectivity index (χ1v) is 9.65. The molecule has 2 aromatic carbocycles. The van der Waals surface area contributed by atoms with Crippen molar-refractivity contribution in [2.24, 2.45) is 5.92 Å². The van der Waals surface area contributed by atoms with Crippen LogP contribution in [0.4, 0.5) is 5.69 Å². The summed E-state index contributed by atoms with van der Waals surface area (Å²) in [5.74, 6) is -0.506. The number of carbonyl (C=O) groups excluding carboxylic acids is 2. The Kier molecular flexibility index (Phi) is 6.73. The van der Waals surface area contributed by atoms with Crippen LogP contribution in [-0.2, 0) is 11.3 Å². The van der Waals surface area contributed by atoms with E-state index in [0.717, 1.165) is 12.0 Å². The third-order valence-corrected chi connectivity index (χ3v) is 4.82. The van der Waals surface area contributed by atoms with Gasteiger partial charge in [-0.3, -0.25) is 9.59 Å². The summed E-state index contributed by atoms with van der Waals surface area (Å²) in [4.78, 5) is 29.4. The van der Waals surface area contributed by atoms with E-state index in [1.807, 2.05) is 44.2 Å². The number of nitrogens with one attached hydrogen (secondary N) is 2. The molecule has 3 rings (SSSR count). The van der Waals surface area contributed by atoms with Gasteiger partial charge < -0.3 is 10.6 Å². The summed E-state index contributed by atoms with van der Waals surface area (Å²) in [6.45, 7) is 4.51.